The average molecular weight is 221 g/mol. The number of primary amides is 1. The van der Waals surface area contributed by atoms with Gasteiger partial charge < -0.3 is 16.4 Å². The minimum Gasteiger partial charge on any atom is -0.368 e. The number of carbonyl (C=O) groups excluding carboxylic acids is 1. The number of amides is 1. The molecule has 4 heteroatoms. The van der Waals surface area contributed by atoms with Crippen LogP contribution in [0.25, 0.3) is 0 Å². The Morgan fingerprint density at radius 3 is 2.75 bits per heavy atom. The van der Waals surface area contributed by atoms with Crippen LogP contribution in [0.2, 0.25) is 0 Å². The van der Waals surface area contributed by atoms with Gasteiger partial charge in [-0.05, 0) is 37.6 Å². The molecule has 16 heavy (non-hydrogen) atoms. The Hall–Kier alpha value is -1.55. The molecule has 0 saturated carbocycles. The summed E-state index contributed by atoms with van der Waals surface area (Å²) in [7, 11) is 0. The standard InChI is InChI=1S/C12H19N3O/c1-10-4-2-5-11(8-10)15(7-3-6-13)9-12(14)16/h2,4-5,8H,3,6-7,9,13H2,1H3,(H2,14,16). The summed E-state index contributed by atoms with van der Waals surface area (Å²) < 4.78 is 0. The molecule has 0 spiro atoms. The number of rotatable bonds is 6. The molecule has 1 aromatic carbocycles. The fraction of sp³-hybridized carbons (Fsp3) is 0.417. The molecular formula is C12H19N3O. The Balaban J connectivity index is 2.78. The van der Waals surface area contributed by atoms with Crippen LogP contribution in [0.3, 0.4) is 0 Å². The van der Waals surface area contributed by atoms with Gasteiger partial charge in [0.15, 0.2) is 0 Å². The maximum Gasteiger partial charge on any atom is 0.236 e. The van der Waals surface area contributed by atoms with E-state index in [-0.39, 0.29) is 12.5 Å². The largest absolute Gasteiger partial charge is 0.368 e. The molecule has 4 nitrogen and oxygen atoms in total. The summed E-state index contributed by atoms with van der Waals surface area (Å²) in [4.78, 5) is 12.9. The van der Waals surface area contributed by atoms with Crippen LogP contribution in [-0.2, 0) is 4.79 Å². The van der Waals surface area contributed by atoms with Gasteiger partial charge in [0.05, 0.1) is 6.54 Å². The van der Waals surface area contributed by atoms with Crippen LogP contribution in [0.5, 0.6) is 0 Å². The second-order valence-corrected chi connectivity index (χ2v) is 3.87. The summed E-state index contributed by atoms with van der Waals surface area (Å²) in [6, 6.07) is 8.02. The van der Waals surface area contributed by atoms with Gasteiger partial charge in [-0.2, -0.15) is 0 Å². The van der Waals surface area contributed by atoms with Crippen molar-refractivity contribution in [1.29, 1.82) is 0 Å². The Morgan fingerprint density at radius 2 is 2.19 bits per heavy atom. The van der Waals surface area contributed by atoms with Crippen LogP contribution in [-0.4, -0.2) is 25.5 Å². The summed E-state index contributed by atoms with van der Waals surface area (Å²) in [5.41, 5.74) is 12.9. The van der Waals surface area contributed by atoms with Crippen LogP contribution < -0.4 is 16.4 Å². The predicted molar refractivity (Wildman–Crippen MR) is 66.3 cm³/mol. The summed E-state index contributed by atoms with van der Waals surface area (Å²) in [6.07, 6.45) is 0.848. The number of aryl methyl sites for hydroxylation is 1. The zero-order valence-electron chi connectivity index (χ0n) is 9.65. The molecule has 1 rings (SSSR count). The number of hydrogen-bond acceptors (Lipinski definition) is 3. The zero-order chi connectivity index (χ0) is 12.0. The molecule has 1 aromatic rings. The minimum absolute atomic E-state index is 0.240. The van der Waals surface area contributed by atoms with Gasteiger partial charge in [0.25, 0.3) is 0 Å². The number of benzene rings is 1. The molecule has 0 fully saturated rings. The average Bonchev–Trinajstić information content (AvgIpc) is 2.23. The first-order chi connectivity index (χ1) is 7.63. The molecule has 1 amide bonds. The fourth-order valence-electron chi connectivity index (χ4n) is 1.59. The van der Waals surface area contributed by atoms with E-state index in [0.29, 0.717) is 6.54 Å². The molecule has 0 aromatic heterocycles. The number of carbonyl (C=O) groups is 1. The Kier molecular flexibility index (Phi) is 4.79. The van der Waals surface area contributed by atoms with E-state index in [1.54, 1.807) is 0 Å². The lowest BCUT2D eigenvalue weighted by molar-refractivity contribution is -0.116. The van der Waals surface area contributed by atoms with Crippen molar-refractivity contribution in [2.24, 2.45) is 11.5 Å². The summed E-state index contributed by atoms with van der Waals surface area (Å²) in [5, 5.41) is 0. The molecule has 0 heterocycles. The van der Waals surface area contributed by atoms with E-state index >= 15 is 0 Å². The van der Waals surface area contributed by atoms with Crippen molar-refractivity contribution in [1.82, 2.24) is 0 Å². The summed E-state index contributed by atoms with van der Waals surface area (Å²) >= 11 is 0. The highest BCUT2D eigenvalue weighted by Crippen LogP contribution is 2.15. The highest BCUT2D eigenvalue weighted by molar-refractivity contribution is 5.79. The number of anilines is 1. The summed E-state index contributed by atoms with van der Waals surface area (Å²) in [5.74, 6) is -0.321. The molecule has 0 aliphatic rings. The van der Waals surface area contributed by atoms with Crippen LogP contribution in [0.15, 0.2) is 24.3 Å². The van der Waals surface area contributed by atoms with Gasteiger partial charge in [-0.1, -0.05) is 12.1 Å². The molecule has 0 saturated heterocycles. The molecule has 0 aliphatic heterocycles. The van der Waals surface area contributed by atoms with Gasteiger partial charge in [0, 0.05) is 12.2 Å². The lowest BCUT2D eigenvalue weighted by atomic mass is 10.2. The maximum absolute atomic E-state index is 11.0. The van der Waals surface area contributed by atoms with Crippen molar-refractivity contribution in [2.75, 3.05) is 24.5 Å². The van der Waals surface area contributed by atoms with Gasteiger partial charge in [-0.3, -0.25) is 4.79 Å². The van der Waals surface area contributed by atoms with Crippen molar-refractivity contribution >= 4 is 11.6 Å². The molecule has 88 valence electrons. The Morgan fingerprint density at radius 1 is 1.44 bits per heavy atom. The van der Waals surface area contributed by atoms with Gasteiger partial charge in [-0.25, -0.2) is 0 Å². The quantitative estimate of drug-likeness (QED) is 0.740. The number of nitrogens with zero attached hydrogens (tertiary/aromatic N) is 1. The molecule has 0 bridgehead atoms. The van der Waals surface area contributed by atoms with E-state index in [1.165, 1.54) is 5.56 Å². The highest BCUT2D eigenvalue weighted by atomic mass is 16.1. The topological polar surface area (TPSA) is 72.3 Å². The molecule has 4 N–H and O–H groups in total. The second kappa shape index (κ2) is 6.12. The van der Waals surface area contributed by atoms with E-state index in [4.69, 9.17) is 11.5 Å². The van der Waals surface area contributed by atoms with Crippen molar-refractivity contribution in [3.63, 3.8) is 0 Å². The molecule has 0 radical (unpaired) electrons. The molecular weight excluding hydrogens is 202 g/mol. The monoisotopic (exact) mass is 221 g/mol. The normalized spacial score (nSPS) is 10.1. The summed E-state index contributed by atoms with van der Waals surface area (Å²) in [6.45, 7) is 3.63. The van der Waals surface area contributed by atoms with Gasteiger partial charge in [0.2, 0.25) is 5.91 Å². The van der Waals surface area contributed by atoms with Gasteiger partial charge in [0.1, 0.15) is 0 Å². The molecule has 0 atom stereocenters. The maximum atomic E-state index is 11.0. The van der Waals surface area contributed by atoms with Crippen molar-refractivity contribution in [3.8, 4) is 0 Å². The van der Waals surface area contributed by atoms with Gasteiger partial charge in [-0.15, -0.1) is 0 Å². The minimum atomic E-state index is -0.321. The smallest absolute Gasteiger partial charge is 0.236 e. The third kappa shape index (κ3) is 3.90. The van der Waals surface area contributed by atoms with Crippen molar-refractivity contribution in [2.45, 2.75) is 13.3 Å². The van der Waals surface area contributed by atoms with E-state index < -0.39 is 0 Å². The second-order valence-electron chi connectivity index (χ2n) is 3.87. The molecule has 0 unspecified atom stereocenters. The SMILES string of the molecule is Cc1cccc(N(CCCN)CC(N)=O)c1. The Bertz CT molecular complexity index is 352. The third-order valence-corrected chi connectivity index (χ3v) is 2.35. The van der Waals surface area contributed by atoms with Crippen LogP contribution in [0.1, 0.15) is 12.0 Å². The van der Waals surface area contributed by atoms with E-state index in [1.807, 2.05) is 36.1 Å². The molecule has 0 aliphatic carbocycles. The lowest BCUT2D eigenvalue weighted by Gasteiger charge is -2.23. The highest BCUT2D eigenvalue weighted by Gasteiger charge is 2.08. The van der Waals surface area contributed by atoms with Gasteiger partial charge >= 0.3 is 0 Å². The van der Waals surface area contributed by atoms with Crippen LogP contribution >= 0.6 is 0 Å². The lowest BCUT2D eigenvalue weighted by Crippen LogP contribution is -2.35. The first-order valence-electron chi connectivity index (χ1n) is 5.43. The number of nitrogens with two attached hydrogens (primary N) is 2. The first kappa shape index (κ1) is 12.5. The first-order valence-corrected chi connectivity index (χ1v) is 5.43. The Labute approximate surface area is 96.2 Å². The van der Waals surface area contributed by atoms with Crippen molar-refractivity contribution < 1.29 is 4.79 Å². The zero-order valence-corrected chi connectivity index (χ0v) is 9.65. The van der Waals surface area contributed by atoms with E-state index in [2.05, 4.69) is 0 Å². The van der Waals surface area contributed by atoms with Crippen LogP contribution in [0.4, 0.5) is 5.69 Å². The van der Waals surface area contributed by atoms with Crippen LogP contribution in [0, 0.1) is 6.92 Å². The third-order valence-electron chi connectivity index (χ3n) is 2.35. The van der Waals surface area contributed by atoms with E-state index in [0.717, 1.165) is 18.7 Å². The predicted octanol–water partition coefficient (Wildman–Crippen LogP) is 0.636. The van der Waals surface area contributed by atoms with Crippen molar-refractivity contribution in [3.05, 3.63) is 29.8 Å². The number of hydrogen-bond donors (Lipinski definition) is 2. The van der Waals surface area contributed by atoms with E-state index in [9.17, 15) is 4.79 Å². The fourth-order valence-corrected chi connectivity index (χ4v) is 1.59.